The van der Waals surface area contributed by atoms with Crippen LogP contribution in [0.1, 0.15) is 47.1 Å². The van der Waals surface area contributed by atoms with Gasteiger partial charge in [0.25, 0.3) is 0 Å². The number of pyridine rings is 1. The third-order valence-electron chi connectivity index (χ3n) is 6.25. The highest BCUT2D eigenvalue weighted by molar-refractivity contribution is 5.75. The van der Waals surface area contributed by atoms with Gasteiger partial charge in [-0.1, -0.05) is 30.3 Å². The first-order chi connectivity index (χ1) is 17.3. The summed E-state index contributed by atoms with van der Waals surface area (Å²) in [4.78, 5) is 8.35. The van der Waals surface area contributed by atoms with Gasteiger partial charge in [0.1, 0.15) is 17.4 Å². The van der Waals surface area contributed by atoms with Gasteiger partial charge in [0.2, 0.25) is 0 Å². The fourth-order valence-electron chi connectivity index (χ4n) is 4.59. The van der Waals surface area contributed by atoms with Gasteiger partial charge in [-0.2, -0.15) is 18.3 Å². The standard InChI is InChI=1S/C27H22F4N4O/c1-36-24-15-17(8-10-20(24)19-12-13-32-16-23(19)28)9-11-25-33-26-21(6-4-14-35(26)34-25)18-5-2-3-7-22(18)27(29,30)31/h2-3,5,7-13,15-16,21H,4,6,14H2,1H3/b11-9+. The number of benzene rings is 2. The zero-order chi connectivity index (χ0) is 25.3. The van der Waals surface area contributed by atoms with Gasteiger partial charge in [-0.15, -0.1) is 0 Å². The van der Waals surface area contributed by atoms with E-state index < -0.39 is 23.5 Å². The quantitative estimate of drug-likeness (QED) is 0.293. The van der Waals surface area contributed by atoms with E-state index in [-0.39, 0.29) is 5.56 Å². The van der Waals surface area contributed by atoms with Crippen molar-refractivity contribution >= 4 is 12.2 Å². The van der Waals surface area contributed by atoms with E-state index in [0.29, 0.717) is 47.9 Å². The van der Waals surface area contributed by atoms with Crippen molar-refractivity contribution in [3.63, 3.8) is 0 Å². The third-order valence-corrected chi connectivity index (χ3v) is 6.25. The summed E-state index contributed by atoms with van der Waals surface area (Å²) < 4.78 is 62.2. The van der Waals surface area contributed by atoms with E-state index in [2.05, 4.69) is 15.1 Å². The van der Waals surface area contributed by atoms with Crippen LogP contribution in [-0.2, 0) is 12.7 Å². The maximum Gasteiger partial charge on any atom is 0.416 e. The van der Waals surface area contributed by atoms with Crippen molar-refractivity contribution < 1.29 is 22.3 Å². The van der Waals surface area contributed by atoms with Crippen LogP contribution in [0.4, 0.5) is 17.6 Å². The van der Waals surface area contributed by atoms with E-state index in [1.165, 1.54) is 25.4 Å². The minimum absolute atomic E-state index is 0.220. The van der Waals surface area contributed by atoms with Crippen LogP contribution in [0.5, 0.6) is 5.75 Å². The van der Waals surface area contributed by atoms with Crippen molar-refractivity contribution in [2.45, 2.75) is 31.5 Å². The Morgan fingerprint density at radius 1 is 1.06 bits per heavy atom. The molecule has 1 aliphatic rings. The summed E-state index contributed by atoms with van der Waals surface area (Å²) >= 11 is 0. The van der Waals surface area contributed by atoms with Crippen LogP contribution in [0.3, 0.4) is 0 Å². The molecule has 0 bridgehead atoms. The van der Waals surface area contributed by atoms with Gasteiger partial charge >= 0.3 is 6.18 Å². The maximum atomic E-state index is 14.2. The Hall–Kier alpha value is -4.01. The van der Waals surface area contributed by atoms with Crippen molar-refractivity contribution in [1.82, 2.24) is 19.7 Å². The van der Waals surface area contributed by atoms with Crippen LogP contribution in [0.15, 0.2) is 60.9 Å². The second kappa shape index (κ2) is 9.56. The molecule has 1 aliphatic heterocycles. The number of halogens is 4. The SMILES string of the molecule is COc1cc(/C=C/c2nc3n(n2)CCCC3c2ccccc2C(F)(F)F)ccc1-c1ccncc1F. The lowest BCUT2D eigenvalue weighted by Crippen LogP contribution is -2.21. The van der Waals surface area contributed by atoms with Crippen molar-refractivity contribution in [2.75, 3.05) is 7.11 Å². The molecule has 184 valence electrons. The van der Waals surface area contributed by atoms with Crippen LogP contribution >= 0.6 is 0 Å². The Bertz CT molecular complexity index is 1430. The summed E-state index contributed by atoms with van der Waals surface area (Å²) in [5, 5.41) is 4.50. The topological polar surface area (TPSA) is 52.8 Å². The highest BCUT2D eigenvalue weighted by atomic mass is 19.4. The van der Waals surface area contributed by atoms with Crippen molar-refractivity contribution in [2.24, 2.45) is 0 Å². The van der Waals surface area contributed by atoms with E-state index in [1.54, 1.807) is 41.1 Å². The smallest absolute Gasteiger partial charge is 0.416 e. The predicted octanol–water partition coefficient (Wildman–Crippen LogP) is 6.60. The first-order valence-corrected chi connectivity index (χ1v) is 11.4. The molecular formula is C27H22F4N4O. The number of rotatable bonds is 5. The summed E-state index contributed by atoms with van der Waals surface area (Å²) in [7, 11) is 1.51. The largest absolute Gasteiger partial charge is 0.496 e. The van der Waals surface area contributed by atoms with Crippen LogP contribution in [0, 0.1) is 5.82 Å². The summed E-state index contributed by atoms with van der Waals surface area (Å²) in [6.07, 6.45) is 2.99. The molecule has 0 spiro atoms. The number of aromatic nitrogens is 4. The lowest BCUT2D eigenvalue weighted by atomic mass is 9.88. The first kappa shape index (κ1) is 23.7. The average Bonchev–Trinajstić information content (AvgIpc) is 3.30. The zero-order valence-corrected chi connectivity index (χ0v) is 19.3. The van der Waals surface area contributed by atoms with Gasteiger partial charge in [-0.3, -0.25) is 4.98 Å². The van der Waals surface area contributed by atoms with Crippen molar-refractivity contribution in [3.8, 4) is 16.9 Å². The normalized spacial score (nSPS) is 15.8. The Balaban J connectivity index is 1.44. The Labute approximate surface area is 205 Å². The van der Waals surface area contributed by atoms with Gasteiger partial charge in [-0.25, -0.2) is 14.1 Å². The molecular weight excluding hydrogens is 472 g/mol. The van der Waals surface area contributed by atoms with Crippen LogP contribution in [-0.4, -0.2) is 26.9 Å². The number of alkyl halides is 3. The van der Waals surface area contributed by atoms with Crippen molar-refractivity contribution in [1.29, 1.82) is 0 Å². The number of aryl methyl sites for hydroxylation is 1. The zero-order valence-electron chi connectivity index (χ0n) is 19.3. The van der Waals surface area contributed by atoms with E-state index >= 15 is 0 Å². The fourth-order valence-corrected chi connectivity index (χ4v) is 4.59. The lowest BCUT2D eigenvalue weighted by Gasteiger charge is -2.25. The molecule has 1 unspecified atom stereocenters. The Morgan fingerprint density at radius 2 is 1.89 bits per heavy atom. The number of nitrogens with zero attached hydrogens (tertiary/aromatic N) is 4. The van der Waals surface area contributed by atoms with E-state index in [9.17, 15) is 17.6 Å². The molecule has 5 nitrogen and oxygen atoms in total. The number of hydrogen-bond donors (Lipinski definition) is 0. The number of hydrogen-bond acceptors (Lipinski definition) is 4. The molecule has 0 saturated heterocycles. The molecule has 0 amide bonds. The van der Waals surface area contributed by atoms with Gasteiger partial charge in [-0.05, 0) is 54.3 Å². The number of methoxy groups -OCH3 is 1. The summed E-state index contributed by atoms with van der Waals surface area (Å²) in [6.45, 7) is 0.598. The fraction of sp³-hybridized carbons (Fsp3) is 0.222. The molecule has 3 heterocycles. The molecule has 2 aromatic carbocycles. The molecule has 5 rings (SSSR count). The van der Waals surface area contributed by atoms with E-state index in [0.717, 1.165) is 17.8 Å². The van der Waals surface area contributed by atoms with Crippen molar-refractivity contribution in [3.05, 3.63) is 95.1 Å². The third kappa shape index (κ3) is 4.60. The minimum Gasteiger partial charge on any atom is -0.496 e. The lowest BCUT2D eigenvalue weighted by molar-refractivity contribution is -0.138. The van der Waals surface area contributed by atoms with Crippen LogP contribution in [0.2, 0.25) is 0 Å². The molecule has 36 heavy (non-hydrogen) atoms. The molecule has 0 aliphatic carbocycles. The van der Waals surface area contributed by atoms with E-state index in [1.807, 2.05) is 6.07 Å². The monoisotopic (exact) mass is 494 g/mol. The second-order valence-corrected chi connectivity index (χ2v) is 8.48. The first-order valence-electron chi connectivity index (χ1n) is 11.4. The summed E-state index contributed by atoms with van der Waals surface area (Å²) in [6, 6.07) is 12.6. The molecule has 4 aromatic rings. The molecule has 0 radical (unpaired) electrons. The predicted molar refractivity (Wildman–Crippen MR) is 128 cm³/mol. The molecule has 2 aromatic heterocycles. The minimum atomic E-state index is -4.44. The Morgan fingerprint density at radius 3 is 2.67 bits per heavy atom. The Kier molecular flexibility index (Phi) is 6.30. The van der Waals surface area contributed by atoms with Gasteiger partial charge in [0.05, 0.1) is 18.9 Å². The summed E-state index contributed by atoms with van der Waals surface area (Å²) in [5.74, 6) is 0.487. The number of ether oxygens (including phenoxy) is 1. The van der Waals surface area contributed by atoms with Gasteiger partial charge in [0, 0.05) is 29.8 Å². The van der Waals surface area contributed by atoms with E-state index in [4.69, 9.17) is 4.74 Å². The average molecular weight is 494 g/mol. The maximum absolute atomic E-state index is 14.2. The van der Waals surface area contributed by atoms with Crippen LogP contribution in [0.25, 0.3) is 23.3 Å². The highest BCUT2D eigenvalue weighted by Crippen LogP contribution is 2.40. The highest BCUT2D eigenvalue weighted by Gasteiger charge is 2.37. The van der Waals surface area contributed by atoms with Crippen LogP contribution < -0.4 is 4.74 Å². The number of fused-ring (bicyclic) bond motifs is 1. The molecule has 0 N–H and O–H groups in total. The second-order valence-electron chi connectivity index (χ2n) is 8.48. The molecule has 0 saturated carbocycles. The van der Waals surface area contributed by atoms with Gasteiger partial charge in [0.15, 0.2) is 5.82 Å². The summed E-state index contributed by atoms with van der Waals surface area (Å²) in [5.41, 5.74) is 1.33. The molecule has 0 fully saturated rings. The molecule has 9 heteroatoms. The molecule has 1 atom stereocenters. The van der Waals surface area contributed by atoms with Gasteiger partial charge < -0.3 is 4.74 Å².